The fourth-order valence-corrected chi connectivity index (χ4v) is 2.79. The molecule has 0 saturated carbocycles. The highest BCUT2D eigenvalue weighted by Crippen LogP contribution is 2.20. The number of amides is 1. The van der Waals surface area contributed by atoms with Crippen LogP contribution in [0.2, 0.25) is 0 Å². The van der Waals surface area contributed by atoms with Crippen molar-refractivity contribution < 1.29 is 13.6 Å². The molecule has 23 heavy (non-hydrogen) atoms. The van der Waals surface area contributed by atoms with Crippen LogP contribution in [0.25, 0.3) is 0 Å². The number of nitrogens with zero attached hydrogens (tertiary/aromatic N) is 2. The molecule has 0 spiro atoms. The molecule has 120 valence electrons. The largest absolute Gasteiger partial charge is 0.366 e. The number of hydrogen-bond acceptors (Lipinski definition) is 2. The summed E-state index contributed by atoms with van der Waals surface area (Å²) < 4.78 is 26.7. The summed E-state index contributed by atoms with van der Waals surface area (Å²) in [6, 6.07) is 12.7. The molecule has 2 aromatic carbocycles. The number of hydrogen-bond donors (Lipinski definition) is 0. The molecule has 0 bridgehead atoms. The first-order valence-corrected chi connectivity index (χ1v) is 7.65. The zero-order valence-corrected chi connectivity index (χ0v) is 12.7. The molecule has 1 saturated heterocycles. The van der Waals surface area contributed by atoms with E-state index >= 15 is 0 Å². The molecule has 0 N–H and O–H groups in total. The SMILES string of the molecule is O=C(Cc1ccc(F)cc1)N1CCN(c2ccccc2F)CC1. The van der Waals surface area contributed by atoms with Crippen LogP contribution in [0.5, 0.6) is 0 Å². The number of halogens is 2. The van der Waals surface area contributed by atoms with Gasteiger partial charge in [0.15, 0.2) is 0 Å². The Labute approximate surface area is 134 Å². The third-order valence-corrected chi connectivity index (χ3v) is 4.09. The van der Waals surface area contributed by atoms with Crippen molar-refractivity contribution in [1.82, 2.24) is 4.90 Å². The summed E-state index contributed by atoms with van der Waals surface area (Å²) >= 11 is 0. The van der Waals surface area contributed by atoms with E-state index in [-0.39, 0.29) is 24.0 Å². The van der Waals surface area contributed by atoms with Gasteiger partial charge in [-0.15, -0.1) is 0 Å². The molecule has 3 rings (SSSR count). The normalized spacial score (nSPS) is 14.9. The lowest BCUT2D eigenvalue weighted by Gasteiger charge is -2.36. The van der Waals surface area contributed by atoms with E-state index in [2.05, 4.69) is 0 Å². The summed E-state index contributed by atoms with van der Waals surface area (Å²) in [6.07, 6.45) is 0.264. The zero-order valence-electron chi connectivity index (χ0n) is 12.7. The molecule has 1 heterocycles. The van der Waals surface area contributed by atoms with Crippen molar-refractivity contribution in [2.24, 2.45) is 0 Å². The molecule has 1 amide bonds. The van der Waals surface area contributed by atoms with Gasteiger partial charge in [-0.05, 0) is 29.8 Å². The van der Waals surface area contributed by atoms with Crippen LogP contribution in [0.1, 0.15) is 5.56 Å². The lowest BCUT2D eigenvalue weighted by molar-refractivity contribution is -0.130. The van der Waals surface area contributed by atoms with Crippen LogP contribution in [-0.4, -0.2) is 37.0 Å². The highest BCUT2D eigenvalue weighted by molar-refractivity contribution is 5.79. The summed E-state index contributed by atoms with van der Waals surface area (Å²) in [5.74, 6) is -0.525. The molecule has 0 atom stereocenters. The Bertz CT molecular complexity index is 680. The lowest BCUT2D eigenvalue weighted by Crippen LogP contribution is -2.49. The van der Waals surface area contributed by atoms with E-state index in [9.17, 15) is 13.6 Å². The Balaban J connectivity index is 1.57. The molecule has 0 aromatic heterocycles. The second-order valence-electron chi connectivity index (χ2n) is 5.62. The minimum atomic E-state index is -0.306. The van der Waals surface area contributed by atoms with Crippen LogP contribution >= 0.6 is 0 Å². The molecule has 5 heteroatoms. The monoisotopic (exact) mass is 316 g/mol. The van der Waals surface area contributed by atoms with Crippen molar-refractivity contribution in [3.05, 3.63) is 65.7 Å². The van der Waals surface area contributed by atoms with Gasteiger partial charge in [-0.2, -0.15) is 0 Å². The first-order valence-electron chi connectivity index (χ1n) is 7.65. The topological polar surface area (TPSA) is 23.6 Å². The van der Waals surface area contributed by atoms with Gasteiger partial charge in [-0.25, -0.2) is 8.78 Å². The molecule has 2 aromatic rings. The number of rotatable bonds is 3. The van der Waals surface area contributed by atoms with Gasteiger partial charge in [0.2, 0.25) is 5.91 Å². The van der Waals surface area contributed by atoms with E-state index in [1.807, 2.05) is 11.0 Å². The zero-order chi connectivity index (χ0) is 16.2. The fourth-order valence-electron chi connectivity index (χ4n) is 2.79. The molecular formula is C18H18F2N2O. The fraction of sp³-hybridized carbons (Fsp3) is 0.278. The van der Waals surface area contributed by atoms with Crippen molar-refractivity contribution in [2.75, 3.05) is 31.1 Å². The van der Waals surface area contributed by atoms with Crippen molar-refractivity contribution >= 4 is 11.6 Å². The molecule has 1 aliphatic rings. The Kier molecular flexibility index (Phi) is 4.55. The summed E-state index contributed by atoms with van der Waals surface area (Å²) in [4.78, 5) is 16.0. The molecule has 0 unspecified atom stereocenters. The van der Waals surface area contributed by atoms with Gasteiger partial charge in [0.1, 0.15) is 11.6 Å². The first kappa shape index (κ1) is 15.5. The number of carbonyl (C=O) groups excluding carboxylic acids is 1. The van der Waals surface area contributed by atoms with E-state index in [4.69, 9.17) is 0 Å². The van der Waals surface area contributed by atoms with Crippen molar-refractivity contribution in [2.45, 2.75) is 6.42 Å². The van der Waals surface area contributed by atoms with Crippen LogP contribution < -0.4 is 4.90 Å². The van der Waals surface area contributed by atoms with Crippen LogP contribution in [0, 0.1) is 11.6 Å². The van der Waals surface area contributed by atoms with Crippen LogP contribution in [0.15, 0.2) is 48.5 Å². The maximum atomic E-state index is 13.8. The number of carbonyl (C=O) groups is 1. The van der Waals surface area contributed by atoms with Gasteiger partial charge in [0, 0.05) is 26.2 Å². The summed E-state index contributed by atoms with van der Waals surface area (Å²) in [7, 11) is 0. The molecular weight excluding hydrogens is 298 g/mol. The van der Waals surface area contributed by atoms with Gasteiger partial charge in [0.05, 0.1) is 12.1 Å². The van der Waals surface area contributed by atoms with Crippen LogP contribution in [0.3, 0.4) is 0 Å². The van der Waals surface area contributed by atoms with Crippen LogP contribution in [-0.2, 0) is 11.2 Å². The maximum absolute atomic E-state index is 13.8. The van der Waals surface area contributed by atoms with E-state index in [1.165, 1.54) is 18.2 Å². The molecule has 1 aliphatic heterocycles. The molecule has 1 fully saturated rings. The summed E-state index contributed by atoms with van der Waals surface area (Å²) in [5.41, 5.74) is 1.38. The molecule has 0 radical (unpaired) electrons. The first-order chi connectivity index (χ1) is 11.1. The third kappa shape index (κ3) is 3.67. The van der Waals surface area contributed by atoms with E-state index < -0.39 is 0 Å². The van der Waals surface area contributed by atoms with E-state index in [0.29, 0.717) is 31.9 Å². The quantitative estimate of drug-likeness (QED) is 0.869. The summed E-state index contributed by atoms with van der Waals surface area (Å²) in [6.45, 7) is 2.34. The third-order valence-electron chi connectivity index (χ3n) is 4.09. The van der Waals surface area contributed by atoms with E-state index in [1.54, 1.807) is 29.2 Å². The lowest BCUT2D eigenvalue weighted by atomic mass is 10.1. The average Bonchev–Trinajstić information content (AvgIpc) is 2.57. The second-order valence-corrected chi connectivity index (χ2v) is 5.62. The second kappa shape index (κ2) is 6.77. The maximum Gasteiger partial charge on any atom is 0.227 e. The van der Waals surface area contributed by atoms with Gasteiger partial charge < -0.3 is 9.80 Å². The Morgan fingerprint density at radius 1 is 0.913 bits per heavy atom. The number of piperazine rings is 1. The van der Waals surface area contributed by atoms with Crippen molar-refractivity contribution in [1.29, 1.82) is 0 Å². The molecule has 0 aliphatic carbocycles. The van der Waals surface area contributed by atoms with Gasteiger partial charge in [-0.1, -0.05) is 24.3 Å². The smallest absolute Gasteiger partial charge is 0.227 e. The van der Waals surface area contributed by atoms with Crippen molar-refractivity contribution in [3.8, 4) is 0 Å². The highest BCUT2D eigenvalue weighted by Gasteiger charge is 2.22. The number of para-hydroxylation sites is 1. The predicted octanol–water partition coefficient (Wildman–Crippen LogP) is 2.86. The summed E-state index contributed by atoms with van der Waals surface area (Å²) in [5, 5.41) is 0. The number of benzene rings is 2. The van der Waals surface area contributed by atoms with Crippen molar-refractivity contribution in [3.63, 3.8) is 0 Å². The molecule has 3 nitrogen and oxygen atoms in total. The van der Waals surface area contributed by atoms with Gasteiger partial charge in [0.25, 0.3) is 0 Å². The number of anilines is 1. The highest BCUT2D eigenvalue weighted by atomic mass is 19.1. The Morgan fingerprint density at radius 2 is 1.57 bits per heavy atom. The standard InChI is InChI=1S/C18H18F2N2O/c19-15-7-5-14(6-8-15)13-18(23)22-11-9-21(10-12-22)17-4-2-1-3-16(17)20/h1-8H,9-13H2. The Hall–Kier alpha value is -2.43. The van der Waals surface area contributed by atoms with E-state index in [0.717, 1.165) is 5.56 Å². The minimum absolute atomic E-state index is 0.0183. The predicted molar refractivity (Wildman–Crippen MR) is 85.3 cm³/mol. The minimum Gasteiger partial charge on any atom is -0.366 e. The van der Waals surface area contributed by atoms with Gasteiger partial charge >= 0.3 is 0 Å². The van der Waals surface area contributed by atoms with Gasteiger partial charge in [-0.3, -0.25) is 4.79 Å². The van der Waals surface area contributed by atoms with Crippen LogP contribution in [0.4, 0.5) is 14.5 Å². The average molecular weight is 316 g/mol. The Morgan fingerprint density at radius 3 is 2.22 bits per heavy atom.